The zero-order valence-corrected chi connectivity index (χ0v) is 15.6. The molecule has 4 aromatic rings. The third kappa shape index (κ3) is 4.11. The van der Waals surface area contributed by atoms with Crippen molar-refractivity contribution in [3.63, 3.8) is 0 Å². The molecule has 0 spiro atoms. The molecule has 4 aromatic heterocycles. The number of H-pyrrole nitrogens is 1. The van der Waals surface area contributed by atoms with Gasteiger partial charge in [-0.15, -0.1) is 0 Å². The number of nitriles is 1. The topological polar surface area (TPSA) is 112 Å². The molecule has 0 atom stereocenters. The van der Waals surface area contributed by atoms with Crippen LogP contribution in [0.2, 0.25) is 0 Å². The molecule has 0 bridgehead atoms. The lowest BCUT2D eigenvalue weighted by Crippen LogP contribution is -2.42. The van der Waals surface area contributed by atoms with Crippen LogP contribution < -0.4 is 5.32 Å². The van der Waals surface area contributed by atoms with Gasteiger partial charge in [-0.25, -0.2) is 14.6 Å². The summed E-state index contributed by atoms with van der Waals surface area (Å²) in [5, 5.41) is 15.5. The molecule has 0 aliphatic carbocycles. The van der Waals surface area contributed by atoms with E-state index in [-0.39, 0.29) is 11.4 Å². The minimum Gasteiger partial charge on any atom is -0.339 e. The molecular weight excluding hydrogens is 404 g/mol. The Labute approximate surface area is 184 Å². The molecule has 4 rings (SSSR count). The van der Waals surface area contributed by atoms with E-state index in [0.717, 1.165) is 0 Å². The number of pyridine rings is 2. The number of carbonyl (C=O) groups excluding carboxylic acids is 1. The second-order valence-electron chi connectivity index (χ2n) is 6.56. The zero-order valence-electron chi connectivity index (χ0n) is 21.6. The second-order valence-corrected chi connectivity index (χ2v) is 6.56. The fourth-order valence-electron chi connectivity index (χ4n) is 2.88. The highest BCUT2D eigenvalue weighted by atomic mass is 19.3. The molecule has 0 saturated carbocycles. The van der Waals surface area contributed by atoms with Gasteiger partial charge in [0.1, 0.15) is 16.9 Å². The molecule has 10 heteroatoms. The van der Waals surface area contributed by atoms with E-state index in [9.17, 15) is 18.8 Å². The second kappa shape index (κ2) is 7.60. The first kappa shape index (κ1) is 14.0. The lowest BCUT2D eigenvalue weighted by Gasteiger charge is -2.17. The molecule has 31 heavy (non-hydrogen) atoms. The van der Waals surface area contributed by atoms with Crippen LogP contribution in [0.15, 0.2) is 48.9 Å². The summed E-state index contributed by atoms with van der Waals surface area (Å²) in [5.41, 5.74) is -1.40. The van der Waals surface area contributed by atoms with Crippen LogP contribution in [0.1, 0.15) is 39.0 Å². The van der Waals surface area contributed by atoms with Crippen LogP contribution in [-0.2, 0) is 0 Å². The van der Waals surface area contributed by atoms with Gasteiger partial charge < -0.3 is 10.3 Å². The van der Waals surface area contributed by atoms with E-state index < -0.39 is 31.7 Å². The maximum atomic E-state index is 12.8. The quantitative estimate of drug-likeness (QED) is 0.501. The Morgan fingerprint density at radius 2 is 2.16 bits per heavy atom. The summed E-state index contributed by atoms with van der Waals surface area (Å²) < 4.78 is 71.5. The van der Waals surface area contributed by atoms with Crippen LogP contribution in [0.5, 0.6) is 0 Å². The smallest absolute Gasteiger partial charge is 0.333 e. The van der Waals surface area contributed by atoms with E-state index in [1.807, 2.05) is 5.32 Å². The predicted molar refractivity (Wildman–Crippen MR) is 109 cm³/mol. The van der Waals surface area contributed by atoms with Crippen molar-refractivity contribution in [3.05, 3.63) is 54.6 Å². The first-order valence-corrected chi connectivity index (χ1v) is 8.78. The van der Waals surface area contributed by atoms with Crippen LogP contribution in [0.4, 0.5) is 8.78 Å². The summed E-state index contributed by atoms with van der Waals surface area (Å²) in [7, 11) is 0. The van der Waals surface area contributed by atoms with Gasteiger partial charge in [0, 0.05) is 37.1 Å². The summed E-state index contributed by atoms with van der Waals surface area (Å²) in [6.45, 7) is -9.49. The highest BCUT2D eigenvalue weighted by molar-refractivity contribution is 5.94. The third-order valence-corrected chi connectivity index (χ3v) is 4.33. The lowest BCUT2D eigenvalue weighted by atomic mass is 10.1. The van der Waals surface area contributed by atoms with E-state index in [1.54, 1.807) is 18.2 Å². The van der Waals surface area contributed by atoms with E-state index in [1.165, 1.54) is 36.8 Å². The van der Waals surface area contributed by atoms with E-state index >= 15 is 0 Å². The van der Waals surface area contributed by atoms with Crippen LogP contribution in [0.25, 0.3) is 33.5 Å². The molecule has 2 N–H and O–H groups in total. The summed E-state index contributed by atoms with van der Waals surface area (Å²) in [6, 6.07) is 8.81. The molecular formula is C21H17F2N7O. The van der Waals surface area contributed by atoms with E-state index in [4.69, 9.17) is 8.22 Å². The van der Waals surface area contributed by atoms with Crippen molar-refractivity contribution in [3.8, 4) is 28.6 Å². The molecule has 0 saturated heterocycles. The number of fused-ring (bicyclic) bond motifs is 1. The maximum Gasteiger partial charge on any atom is 0.333 e. The lowest BCUT2D eigenvalue weighted by molar-refractivity contribution is 0.0566. The molecule has 0 fully saturated rings. The van der Waals surface area contributed by atoms with E-state index in [0.29, 0.717) is 32.5 Å². The van der Waals surface area contributed by atoms with Gasteiger partial charge in [-0.2, -0.15) is 19.1 Å². The number of aromatic nitrogens is 5. The monoisotopic (exact) mass is 427 g/mol. The van der Waals surface area contributed by atoms with Crippen molar-refractivity contribution in [1.29, 1.82) is 5.26 Å². The number of hydrogen-bond donors (Lipinski definition) is 2. The van der Waals surface area contributed by atoms with Gasteiger partial charge in [0.05, 0.1) is 23.7 Å². The molecule has 8 nitrogen and oxygen atoms in total. The van der Waals surface area contributed by atoms with Crippen LogP contribution >= 0.6 is 0 Å². The molecule has 0 unspecified atom stereocenters. The number of nitrogens with one attached hydrogen (secondary N) is 2. The van der Waals surface area contributed by atoms with Crippen molar-refractivity contribution in [2.45, 2.75) is 25.8 Å². The Bertz CT molecular complexity index is 1510. The third-order valence-electron chi connectivity index (χ3n) is 4.33. The van der Waals surface area contributed by atoms with Crippen LogP contribution in [0, 0.1) is 11.3 Å². The van der Waals surface area contributed by atoms with Crippen molar-refractivity contribution in [2.75, 3.05) is 0 Å². The highest BCUT2D eigenvalue weighted by Crippen LogP contribution is 2.27. The Hall–Kier alpha value is -4.13. The molecule has 0 radical (unpaired) electrons. The molecule has 0 aliphatic heterocycles. The Balaban J connectivity index is 1.65. The summed E-state index contributed by atoms with van der Waals surface area (Å²) in [5.74, 6) is -1.16. The van der Waals surface area contributed by atoms with Gasteiger partial charge >= 0.3 is 6.55 Å². The molecule has 156 valence electrons. The normalized spacial score (nSPS) is 15.3. The molecule has 1 amide bonds. The molecule has 0 aromatic carbocycles. The van der Waals surface area contributed by atoms with E-state index in [2.05, 4.69) is 20.1 Å². The van der Waals surface area contributed by atoms with Gasteiger partial charge in [-0.05, 0) is 38.0 Å². The summed E-state index contributed by atoms with van der Waals surface area (Å²) >= 11 is 0. The fourth-order valence-corrected chi connectivity index (χ4v) is 2.88. The molecule has 4 heterocycles. The Kier molecular flexibility index (Phi) is 3.43. The van der Waals surface area contributed by atoms with Gasteiger partial charge in [-0.1, -0.05) is 6.07 Å². The van der Waals surface area contributed by atoms with Crippen LogP contribution in [-0.4, -0.2) is 36.2 Å². The Morgan fingerprint density at radius 1 is 1.32 bits per heavy atom. The van der Waals surface area contributed by atoms with Gasteiger partial charge in [0.25, 0.3) is 5.91 Å². The maximum absolute atomic E-state index is 12.8. The number of rotatable bonds is 5. The number of carbonyl (C=O) groups is 1. The number of hydrogen-bond acceptors (Lipinski definition) is 5. The molecule has 0 aliphatic rings. The van der Waals surface area contributed by atoms with Crippen molar-refractivity contribution in [2.24, 2.45) is 0 Å². The Morgan fingerprint density at radius 3 is 2.87 bits per heavy atom. The van der Waals surface area contributed by atoms with Crippen molar-refractivity contribution >= 4 is 16.9 Å². The number of alkyl halides is 2. The minimum absolute atomic E-state index is 0.251. The average Bonchev–Trinajstić information content (AvgIpc) is 3.47. The van der Waals surface area contributed by atoms with Crippen molar-refractivity contribution < 1.29 is 21.8 Å². The number of amides is 1. The standard InChI is InChI=1S/C21H17F2N7O/c1-21(2,11-24)29-19(31)16-5-3-4-15(27-16)13-6-12-7-17(28-18(12)25-8-13)14-9-26-30(10-14)20(22)23/h3-10,20H,1-2H3,(H,25,28)(H,29,31)/i1D3,2D3. The minimum atomic E-state index is -3.35. The van der Waals surface area contributed by atoms with Gasteiger partial charge in [0.2, 0.25) is 0 Å². The average molecular weight is 427 g/mol. The SMILES string of the molecule is [2H]C([2H])([2H])C(C#N)(NC(=O)c1cccc(-c2cnc3[nH]c(-c4cnn(C(F)F)c4)cc3c2)n1)C([2H])([2H])[2H]. The van der Waals surface area contributed by atoms with Crippen molar-refractivity contribution in [1.82, 2.24) is 30.0 Å². The van der Waals surface area contributed by atoms with Crippen LogP contribution in [0.3, 0.4) is 0 Å². The fraction of sp³-hybridized carbons (Fsp3) is 0.190. The zero-order chi connectivity index (χ0) is 27.2. The van der Waals surface area contributed by atoms with Gasteiger partial charge in [-0.3, -0.25) is 4.79 Å². The predicted octanol–water partition coefficient (Wildman–Crippen LogP) is 3.92. The number of nitrogens with zero attached hydrogens (tertiary/aromatic N) is 5. The van der Waals surface area contributed by atoms with Gasteiger partial charge in [0.15, 0.2) is 0 Å². The summed E-state index contributed by atoms with van der Waals surface area (Å²) in [6.07, 6.45) is 3.90. The number of halogens is 2. The highest BCUT2D eigenvalue weighted by Gasteiger charge is 2.21. The number of aromatic amines is 1. The summed E-state index contributed by atoms with van der Waals surface area (Å²) in [4.78, 5) is 24.3. The largest absolute Gasteiger partial charge is 0.339 e. The first-order chi connectivity index (χ1) is 17.3. The first-order valence-electron chi connectivity index (χ1n) is 11.8.